The summed E-state index contributed by atoms with van der Waals surface area (Å²) in [5, 5.41) is 10.4. The second kappa shape index (κ2) is 7.47. The molecule has 0 fully saturated rings. The van der Waals surface area contributed by atoms with Crippen molar-refractivity contribution in [3.63, 3.8) is 0 Å². The molecule has 0 saturated carbocycles. The van der Waals surface area contributed by atoms with Gasteiger partial charge in [0.1, 0.15) is 0 Å². The van der Waals surface area contributed by atoms with Crippen LogP contribution >= 0.6 is 11.6 Å². The van der Waals surface area contributed by atoms with Crippen LogP contribution in [0, 0.1) is 0 Å². The summed E-state index contributed by atoms with van der Waals surface area (Å²) in [5.41, 5.74) is 1.47. The Balaban J connectivity index is 2.38. The van der Waals surface area contributed by atoms with Crippen molar-refractivity contribution >= 4 is 11.6 Å². The van der Waals surface area contributed by atoms with Gasteiger partial charge < -0.3 is 9.67 Å². The number of benzene rings is 1. The van der Waals surface area contributed by atoms with Crippen molar-refractivity contribution < 1.29 is 5.11 Å². The van der Waals surface area contributed by atoms with Crippen LogP contribution in [-0.2, 0) is 13.1 Å². The molecule has 5 heteroatoms. The maximum Gasteiger partial charge on any atom is 0.223 e. The molecule has 1 heterocycles. The van der Waals surface area contributed by atoms with Crippen molar-refractivity contribution in [1.29, 1.82) is 0 Å². The highest BCUT2D eigenvalue weighted by molar-refractivity contribution is 6.31. The summed E-state index contributed by atoms with van der Waals surface area (Å²) in [5.74, 6) is -0.240. The van der Waals surface area contributed by atoms with E-state index in [2.05, 4.69) is 18.7 Å². The Hall–Kier alpha value is -1.78. The topological polar surface area (TPSA) is 45.5 Å². The highest BCUT2D eigenvalue weighted by Gasteiger charge is 2.10. The molecule has 0 unspecified atom stereocenters. The van der Waals surface area contributed by atoms with Gasteiger partial charge in [0.15, 0.2) is 5.75 Å². The first-order chi connectivity index (χ1) is 10.5. The maximum atomic E-state index is 11.8. The summed E-state index contributed by atoms with van der Waals surface area (Å²) in [6.07, 6.45) is 1.49. The molecule has 118 valence electrons. The molecule has 1 aromatic heterocycles. The lowest BCUT2D eigenvalue weighted by atomic mass is 10.2. The van der Waals surface area contributed by atoms with Crippen LogP contribution in [-0.4, -0.2) is 27.7 Å². The Kier molecular flexibility index (Phi) is 5.63. The highest BCUT2D eigenvalue weighted by atomic mass is 35.5. The smallest absolute Gasteiger partial charge is 0.223 e. The number of halogens is 1. The number of hydrogen-bond acceptors (Lipinski definition) is 3. The molecule has 22 heavy (non-hydrogen) atoms. The zero-order chi connectivity index (χ0) is 16.1. The molecule has 0 atom stereocenters. The van der Waals surface area contributed by atoms with Gasteiger partial charge in [-0.05, 0) is 24.7 Å². The van der Waals surface area contributed by atoms with Gasteiger partial charge in [-0.2, -0.15) is 0 Å². The van der Waals surface area contributed by atoms with E-state index in [0.717, 1.165) is 24.3 Å². The van der Waals surface area contributed by atoms with Gasteiger partial charge in [0.2, 0.25) is 5.43 Å². The zero-order valence-corrected chi connectivity index (χ0v) is 13.7. The molecule has 0 amide bonds. The fraction of sp³-hybridized carbons (Fsp3) is 0.353. The maximum absolute atomic E-state index is 11.8. The first kappa shape index (κ1) is 16.6. The minimum absolute atomic E-state index is 0.240. The molecule has 4 nitrogen and oxygen atoms in total. The second-order valence-electron chi connectivity index (χ2n) is 5.19. The standard InChI is InChI=1S/C17H21ClN2O2/c1-3-19(4-2)11-14-9-16(21)17(22)12-20(14)10-13-7-5-6-8-15(13)18/h5-9,12,22H,3-4,10-11H2,1-2H3. The molecule has 0 spiro atoms. The van der Waals surface area contributed by atoms with Crippen LogP contribution in [0.2, 0.25) is 5.02 Å². The summed E-state index contributed by atoms with van der Waals surface area (Å²) < 4.78 is 1.89. The van der Waals surface area contributed by atoms with E-state index in [0.29, 0.717) is 18.1 Å². The van der Waals surface area contributed by atoms with E-state index < -0.39 is 0 Å². The average molecular weight is 321 g/mol. The van der Waals surface area contributed by atoms with Gasteiger partial charge in [-0.15, -0.1) is 0 Å². The first-order valence-electron chi connectivity index (χ1n) is 7.43. The van der Waals surface area contributed by atoms with E-state index in [9.17, 15) is 9.90 Å². The minimum atomic E-state index is -0.349. The summed E-state index contributed by atoms with van der Waals surface area (Å²) in [6.45, 7) is 7.15. The third-order valence-corrected chi connectivity index (χ3v) is 4.14. The SMILES string of the molecule is CCN(CC)Cc1cc(=O)c(O)cn1Cc1ccccc1Cl. The van der Waals surface area contributed by atoms with E-state index in [-0.39, 0.29) is 11.2 Å². The third kappa shape index (κ3) is 3.90. The van der Waals surface area contributed by atoms with Crippen LogP contribution in [0.15, 0.2) is 41.3 Å². The Morgan fingerprint density at radius 3 is 2.55 bits per heavy atom. The third-order valence-electron chi connectivity index (χ3n) is 3.78. The molecule has 0 aliphatic heterocycles. The van der Waals surface area contributed by atoms with Crippen molar-refractivity contribution in [1.82, 2.24) is 9.47 Å². The lowest BCUT2D eigenvalue weighted by Crippen LogP contribution is -2.26. The predicted octanol–water partition coefficient (Wildman–Crippen LogP) is 3.10. The lowest BCUT2D eigenvalue weighted by molar-refractivity contribution is 0.286. The van der Waals surface area contributed by atoms with E-state index in [1.165, 1.54) is 12.3 Å². The summed E-state index contributed by atoms with van der Waals surface area (Å²) >= 11 is 6.21. The van der Waals surface area contributed by atoms with Crippen molar-refractivity contribution in [2.24, 2.45) is 0 Å². The molecule has 2 rings (SSSR count). The number of pyridine rings is 1. The van der Waals surface area contributed by atoms with E-state index >= 15 is 0 Å². The van der Waals surface area contributed by atoms with E-state index in [4.69, 9.17) is 11.6 Å². The van der Waals surface area contributed by atoms with Crippen molar-refractivity contribution in [2.75, 3.05) is 13.1 Å². The Bertz CT molecular complexity index is 693. The number of nitrogens with zero attached hydrogens (tertiary/aromatic N) is 2. The Labute approximate surface area is 135 Å². The van der Waals surface area contributed by atoms with Crippen molar-refractivity contribution in [3.8, 4) is 5.75 Å². The average Bonchev–Trinajstić information content (AvgIpc) is 2.51. The second-order valence-corrected chi connectivity index (χ2v) is 5.60. The van der Waals surface area contributed by atoms with E-state index in [1.54, 1.807) is 0 Å². The van der Waals surface area contributed by atoms with Crippen LogP contribution in [0.3, 0.4) is 0 Å². The van der Waals surface area contributed by atoms with Crippen LogP contribution in [0.5, 0.6) is 5.75 Å². The monoisotopic (exact) mass is 320 g/mol. The fourth-order valence-electron chi connectivity index (χ4n) is 2.37. The van der Waals surface area contributed by atoms with Crippen LogP contribution in [0.25, 0.3) is 0 Å². The number of aromatic nitrogens is 1. The van der Waals surface area contributed by atoms with Crippen LogP contribution in [0.4, 0.5) is 0 Å². The normalized spacial score (nSPS) is 11.1. The predicted molar refractivity (Wildman–Crippen MR) is 89.5 cm³/mol. The molecular formula is C17H21ClN2O2. The fourth-order valence-corrected chi connectivity index (χ4v) is 2.57. The van der Waals surface area contributed by atoms with Gasteiger partial charge in [-0.25, -0.2) is 0 Å². The van der Waals surface area contributed by atoms with E-state index in [1.807, 2.05) is 28.8 Å². The molecule has 1 aromatic carbocycles. The van der Waals surface area contributed by atoms with Crippen LogP contribution in [0.1, 0.15) is 25.1 Å². The quantitative estimate of drug-likeness (QED) is 0.889. The lowest BCUT2D eigenvalue weighted by Gasteiger charge is -2.21. The minimum Gasteiger partial charge on any atom is -0.503 e. The molecule has 0 aliphatic rings. The van der Waals surface area contributed by atoms with Gasteiger partial charge in [0.05, 0.1) is 6.20 Å². The summed E-state index contributed by atoms with van der Waals surface area (Å²) in [7, 11) is 0. The molecular weight excluding hydrogens is 300 g/mol. The zero-order valence-electron chi connectivity index (χ0n) is 12.9. The molecule has 1 N–H and O–H groups in total. The number of aromatic hydroxyl groups is 1. The first-order valence-corrected chi connectivity index (χ1v) is 7.81. The Morgan fingerprint density at radius 2 is 1.91 bits per heavy atom. The molecule has 0 saturated heterocycles. The molecule has 0 bridgehead atoms. The van der Waals surface area contributed by atoms with Gasteiger partial charge in [0.25, 0.3) is 0 Å². The molecule has 0 radical (unpaired) electrons. The van der Waals surface area contributed by atoms with Gasteiger partial charge >= 0.3 is 0 Å². The van der Waals surface area contributed by atoms with Gasteiger partial charge in [-0.1, -0.05) is 43.6 Å². The van der Waals surface area contributed by atoms with Crippen LogP contribution < -0.4 is 5.43 Å². The van der Waals surface area contributed by atoms with Gasteiger partial charge in [0, 0.05) is 29.9 Å². The van der Waals surface area contributed by atoms with Crippen molar-refractivity contribution in [2.45, 2.75) is 26.9 Å². The highest BCUT2D eigenvalue weighted by Crippen LogP contribution is 2.18. The Morgan fingerprint density at radius 1 is 1.23 bits per heavy atom. The van der Waals surface area contributed by atoms with Gasteiger partial charge in [-0.3, -0.25) is 9.69 Å². The number of rotatable bonds is 6. The largest absolute Gasteiger partial charge is 0.503 e. The summed E-state index contributed by atoms with van der Waals surface area (Å²) in [6, 6.07) is 9.09. The molecule has 0 aliphatic carbocycles. The molecule has 2 aromatic rings. The van der Waals surface area contributed by atoms with Crippen molar-refractivity contribution in [3.05, 3.63) is 63.0 Å². The number of hydrogen-bond donors (Lipinski definition) is 1. The summed E-state index contributed by atoms with van der Waals surface area (Å²) in [4.78, 5) is 14.0.